The molecule has 0 N–H and O–H groups in total. The van der Waals surface area contributed by atoms with E-state index in [4.69, 9.17) is 4.74 Å². The molecule has 3 aliphatic rings. The van der Waals surface area contributed by atoms with Crippen LogP contribution in [0, 0.1) is 17.8 Å². The van der Waals surface area contributed by atoms with Gasteiger partial charge in [0.05, 0.1) is 18.8 Å². The van der Waals surface area contributed by atoms with E-state index in [0.29, 0.717) is 19.1 Å². The van der Waals surface area contributed by atoms with Gasteiger partial charge in [0, 0.05) is 12.5 Å². The molecule has 0 atom stereocenters. The number of hydrogen-bond donors (Lipinski definition) is 0. The minimum Gasteiger partial charge on any atom is -0.371 e. The predicted molar refractivity (Wildman–Crippen MR) is 68.8 cm³/mol. The van der Waals surface area contributed by atoms with Crippen LogP contribution >= 0.6 is 0 Å². The van der Waals surface area contributed by atoms with Crippen molar-refractivity contribution in [3.05, 3.63) is 0 Å². The molecule has 98 valence electrons. The zero-order valence-electron chi connectivity index (χ0n) is 10.9. The largest absolute Gasteiger partial charge is 0.371 e. The van der Waals surface area contributed by atoms with Crippen molar-refractivity contribution in [2.75, 3.05) is 19.7 Å². The van der Waals surface area contributed by atoms with Gasteiger partial charge in [-0.2, -0.15) is 0 Å². The number of carbonyl (C=O) groups is 1. The summed E-state index contributed by atoms with van der Waals surface area (Å²) in [6.07, 6.45) is 8.33. The van der Waals surface area contributed by atoms with E-state index in [9.17, 15) is 4.79 Å². The first kappa shape index (κ1) is 12.0. The molecule has 1 saturated heterocycles. The molecule has 3 fully saturated rings. The fourth-order valence-corrected chi connectivity index (χ4v) is 2.99. The van der Waals surface area contributed by atoms with Gasteiger partial charge in [-0.15, -0.1) is 0 Å². The van der Waals surface area contributed by atoms with Crippen molar-refractivity contribution in [3.8, 4) is 11.8 Å². The van der Waals surface area contributed by atoms with Gasteiger partial charge in [0.1, 0.15) is 0 Å². The van der Waals surface area contributed by atoms with Crippen LogP contribution in [0.15, 0.2) is 0 Å². The molecule has 1 spiro atoms. The first-order valence-electron chi connectivity index (χ1n) is 7.22. The van der Waals surface area contributed by atoms with Crippen molar-refractivity contribution in [3.63, 3.8) is 0 Å². The summed E-state index contributed by atoms with van der Waals surface area (Å²) in [5.74, 6) is 6.39. The van der Waals surface area contributed by atoms with Crippen LogP contribution in [0.3, 0.4) is 0 Å². The van der Waals surface area contributed by atoms with Crippen LogP contribution in [-0.2, 0) is 9.53 Å². The lowest BCUT2D eigenvalue weighted by Gasteiger charge is -2.44. The van der Waals surface area contributed by atoms with Crippen LogP contribution in [0.4, 0.5) is 0 Å². The Morgan fingerprint density at radius 3 is 2.72 bits per heavy atom. The van der Waals surface area contributed by atoms with Crippen molar-refractivity contribution in [1.29, 1.82) is 0 Å². The summed E-state index contributed by atoms with van der Waals surface area (Å²) in [4.78, 5) is 14.0. The van der Waals surface area contributed by atoms with Crippen LogP contribution in [0.25, 0.3) is 0 Å². The lowest BCUT2D eigenvalue weighted by atomic mass is 9.83. The van der Waals surface area contributed by atoms with Gasteiger partial charge in [0.2, 0.25) is 0 Å². The molecule has 3 rings (SSSR count). The van der Waals surface area contributed by atoms with Crippen LogP contribution in [0.1, 0.15) is 44.9 Å². The van der Waals surface area contributed by atoms with E-state index in [-0.39, 0.29) is 11.5 Å². The molecule has 0 unspecified atom stereocenters. The number of hydrogen-bond acceptors (Lipinski definition) is 2. The lowest BCUT2D eigenvalue weighted by molar-refractivity contribution is -0.151. The molecular formula is C15H21NO2. The molecule has 3 heteroatoms. The first-order valence-corrected chi connectivity index (χ1v) is 7.22. The second-order valence-electron chi connectivity index (χ2n) is 5.86. The zero-order chi connectivity index (χ0) is 12.4. The molecular weight excluding hydrogens is 226 g/mol. The quantitative estimate of drug-likeness (QED) is 0.612. The van der Waals surface area contributed by atoms with Crippen molar-refractivity contribution in [2.24, 2.45) is 5.92 Å². The van der Waals surface area contributed by atoms with Gasteiger partial charge in [-0.05, 0) is 31.6 Å². The topological polar surface area (TPSA) is 29.5 Å². The van der Waals surface area contributed by atoms with E-state index in [1.54, 1.807) is 0 Å². The van der Waals surface area contributed by atoms with Gasteiger partial charge in [-0.1, -0.05) is 25.2 Å². The minimum atomic E-state index is -0.0482. The number of morpholine rings is 1. The fourth-order valence-electron chi connectivity index (χ4n) is 2.99. The molecule has 1 aliphatic heterocycles. The third-order valence-electron chi connectivity index (χ3n) is 4.26. The van der Waals surface area contributed by atoms with Gasteiger partial charge in [-0.25, -0.2) is 0 Å². The molecule has 0 bridgehead atoms. The molecule has 2 aliphatic carbocycles. The van der Waals surface area contributed by atoms with Crippen LogP contribution in [0.5, 0.6) is 0 Å². The summed E-state index contributed by atoms with van der Waals surface area (Å²) < 4.78 is 5.98. The molecule has 0 aromatic heterocycles. The highest BCUT2D eigenvalue weighted by molar-refractivity contribution is 5.93. The Hall–Kier alpha value is -1.01. The van der Waals surface area contributed by atoms with Crippen LogP contribution in [0.2, 0.25) is 0 Å². The summed E-state index contributed by atoms with van der Waals surface area (Å²) in [6.45, 7) is 2.14. The van der Waals surface area contributed by atoms with E-state index in [1.807, 2.05) is 4.90 Å². The second-order valence-corrected chi connectivity index (χ2v) is 5.86. The number of rotatable bonds is 0. The molecule has 1 amide bonds. The number of nitrogens with zero attached hydrogens (tertiary/aromatic N) is 1. The zero-order valence-corrected chi connectivity index (χ0v) is 10.9. The maximum atomic E-state index is 12.1. The van der Waals surface area contributed by atoms with Crippen molar-refractivity contribution in [1.82, 2.24) is 4.90 Å². The van der Waals surface area contributed by atoms with Gasteiger partial charge >= 0.3 is 0 Å². The molecule has 0 aromatic rings. The minimum absolute atomic E-state index is 0.00940. The highest BCUT2D eigenvalue weighted by Crippen LogP contribution is 2.34. The average Bonchev–Trinajstić information content (AvgIpc) is 3.21. The Balaban J connectivity index is 1.62. The summed E-state index contributed by atoms with van der Waals surface area (Å²) in [7, 11) is 0. The summed E-state index contributed by atoms with van der Waals surface area (Å²) in [6, 6.07) is 0. The van der Waals surface area contributed by atoms with Crippen molar-refractivity contribution in [2.45, 2.75) is 50.5 Å². The summed E-state index contributed by atoms with van der Waals surface area (Å²) in [5.41, 5.74) is -0.0482. The maximum Gasteiger partial charge on any atom is 0.298 e. The molecule has 2 saturated carbocycles. The summed E-state index contributed by atoms with van der Waals surface area (Å²) >= 11 is 0. The van der Waals surface area contributed by atoms with E-state index in [2.05, 4.69) is 11.8 Å². The highest BCUT2D eigenvalue weighted by Gasteiger charge is 2.38. The Labute approximate surface area is 109 Å². The van der Waals surface area contributed by atoms with E-state index >= 15 is 0 Å². The van der Waals surface area contributed by atoms with Gasteiger partial charge in [-0.3, -0.25) is 4.79 Å². The van der Waals surface area contributed by atoms with E-state index < -0.39 is 0 Å². The summed E-state index contributed by atoms with van der Waals surface area (Å²) in [5, 5.41) is 0. The molecule has 3 nitrogen and oxygen atoms in total. The highest BCUT2D eigenvalue weighted by atomic mass is 16.5. The number of ether oxygens (including phenoxy) is 1. The van der Waals surface area contributed by atoms with Crippen molar-refractivity contribution < 1.29 is 9.53 Å². The molecule has 18 heavy (non-hydrogen) atoms. The number of amides is 1. The van der Waals surface area contributed by atoms with Gasteiger partial charge in [0.15, 0.2) is 0 Å². The number of carbonyl (C=O) groups excluding carboxylic acids is 1. The standard InChI is InChI=1S/C15H21NO2/c17-14(7-6-13-4-5-13)16-10-11-18-15(12-16)8-2-1-3-9-15/h13H,1-5,8-12H2. The van der Waals surface area contributed by atoms with E-state index in [0.717, 1.165) is 19.4 Å². The first-order chi connectivity index (χ1) is 8.77. The van der Waals surface area contributed by atoms with Crippen LogP contribution in [-0.4, -0.2) is 36.1 Å². The maximum absolute atomic E-state index is 12.1. The van der Waals surface area contributed by atoms with Crippen LogP contribution < -0.4 is 0 Å². The average molecular weight is 247 g/mol. The Morgan fingerprint density at radius 1 is 1.22 bits per heavy atom. The normalized spacial score (nSPS) is 26.6. The fraction of sp³-hybridized carbons (Fsp3) is 0.800. The second kappa shape index (κ2) is 4.93. The van der Waals surface area contributed by atoms with Gasteiger partial charge in [0.25, 0.3) is 5.91 Å². The Morgan fingerprint density at radius 2 is 2.00 bits per heavy atom. The monoisotopic (exact) mass is 247 g/mol. The van der Waals surface area contributed by atoms with Crippen molar-refractivity contribution >= 4 is 5.91 Å². The third-order valence-corrected chi connectivity index (χ3v) is 4.26. The Kier molecular flexibility index (Phi) is 3.30. The SMILES string of the molecule is O=C(C#CC1CC1)N1CCOC2(CCCCC2)C1. The van der Waals surface area contributed by atoms with Gasteiger partial charge < -0.3 is 9.64 Å². The molecule has 0 aromatic carbocycles. The third kappa shape index (κ3) is 2.70. The molecule has 0 radical (unpaired) electrons. The van der Waals surface area contributed by atoms with E-state index in [1.165, 1.54) is 32.1 Å². The smallest absolute Gasteiger partial charge is 0.298 e. The lowest BCUT2D eigenvalue weighted by Crippen LogP contribution is -2.54. The predicted octanol–water partition coefficient (Wildman–Crippen LogP) is 1.96. The Bertz CT molecular complexity index is 378. The molecule has 1 heterocycles.